The van der Waals surface area contributed by atoms with Crippen LogP contribution in [0, 0.1) is 11.8 Å². The molecule has 0 saturated heterocycles. The van der Waals surface area contributed by atoms with Crippen molar-refractivity contribution < 1.29 is 13.5 Å². The van der Waals surface area contributed by atoms with Gasteiger partial charge >= 0.3 is 0 Å². The van der Waals surface area contributed by atoms with Gasteiger partial charge < -0.3 is 10.8 Å². The van der Waals surface area contributed by atoms with E-state index in [0.717, 1.165) is 0 Å². The zero-order valence-corrected chi connectivity index (χ0v) is 13.4. The highest BCUT2D eigenvalue weighted by Gasteiger charge is 2.28. The molecule has 0 unspecified atom stereocenters. The second kappa shape index (κ2) is 7.05. The minimum Gasteiger partial charge on any atom is -0.389 e. The average molecular weight is 310 g/mol. The Balaban J connectivity index is 3.06. The van der Waals surface area contributed by atoms with Crippen LogP contribution in [0.15, 0.2) is 29.2 Å². The summed E-state index contributed by atoms with van der Waals surface area (Å²) in [4.78, 5) is 0.187. The largest absolute Gasteiger partial charge is 0.389 e. The minimum atomic E-state index is -3.62. The van der Waals surface area contributed by atoms with E-state index in [1.807, 2.05) is 0 Å². The SMILES string of the molecule is CCN(CC(C)(C)O)S(=O)(=O)c1ccc(C#CCN)cc1. The summed E-state index contributed by atoms with van der Waals surface area (Å²) in [6, 6.07) is 6.33. The zero-order valence-electron chi connectivity index (χ0n) is 12.6. The van der Waals surface area contributed by atoms with Crippen LogP contribution in [-0.4, -0.2) is 43.1 Å². The number of hydrogen-bond donors (Lipinski definition) is 2. The summed E-state index contributed by atoms with van der Waals surface area (Å²) in [7, 11) is -3.62. The molecular weight excluding hydrogens is 288 g/mol. The van der Waals surface area contributed by atoms with E-state index in [9.17, 15) is 13.5 Å². The number of aliphatic hydroxyl groups is 1. The van der Waals surface area contributed by atoms with Crippen molar-refractivity contribution in [2.45, 2.75) is 31.3 Å². The molecule has 0 heterocycles. The van der Waals surface area contributed by atoms with Crippen molar-refractivity contribution in [3.05, 3.63) is 29.8 Å². The molecule has 1 rings (SSSR count). The summed E-state index contributed by atoms with van der Waals surface area (Å²) >= 11 is 0. The molecule has 0 amide bonds. The number of nitrogens with two attached hydrogens (primary N) is 1. The van der Waals surface area contributed by atoms with Gasteiger partial charge in [0, 0.05) is 18.7 Å². The highest BCUT2D eigenvalue weighted by molar-refractivity contribution is 7.89. The molecule has 0 aliphatic heterocycles. The van der Waals surface area contributed by atoms with Crippen molar-refractivity contribution in [1.29, 1.82) is 0 Å². The molecule has 116 valence electrons. The van der Waals surface area contributed by atoms with Gasteiger partial charge in [-0.05, 0) is 38.1 Å². The van der Waals surface area contributed by atoms with Gasteiger partial charge in [0.15, 0.2) is 0 Å². The van der Waals surface area contributed by atoms with E-state index in [1.165, 1.54) is 16.4 Å². The van der Waals surface area contributed by atoms with Crippen molar-refractivity contribution >= 4 is 10.0 Å². The van der Waals surface area contributed by atoms with Crippen molar-refractivity contribution in [3.8, 4) is 11.8 Å². The predicted molar refractivity (Wildman–Crippen MR) is 83.1 cm³/mol. The first-order valence-electron chi connectivity index (χ1n) is 6.72. The summed E-state index contributed by atoms with van der Waals surface area (Å²) in [5.41, 5.74) is 4.92. The first-order valence-corrected chi connectivity index (χ1v) is 8.16. The Morgan fingerprint density at radius 3 is 2.29 bits per heavy atom. The Kier molecular flexibility index (Phi) is 5.93. The van der Waals surface area contributed by atoms with Crippen molar-refractivity contribution in [3.63, 3.8) is 0 Å². The Hall–Kier alpha value is -1.39. The Bertz CT molecular complexity index is 620. The summed E-state index contributed by atoms with van der Waals surface area (Å²) in [6.45, 7) is 5.49. The van der Waals surface area contributed by atoms with E-state index in [1.54, 1.807) is 32.9 Å². The Labute approximate surface area is 126 Å². The third kappa shape index (κ3) is 5.14. The van der Waals surface area contributed by atoms with Crippen molar-refractivity contribution in [2.75, 3.05) is 19.6 Å². The topological polar surface area (TPSA) is 83.6 Å². The van der Waals surface area contributed by atoms with E-state index < -0.39 is 15.6 Å². The van der Waals surface area contributed by atoms with Gasteiger partial charge in [-0.2, -0.15) is 4.31 Å². The van der Waals surface area contributed by atoms with Gasteiger partial charge in [-0.3, -0.25) is 0 Å². The number of rotatable bonds is 5. The number of nitrogens with zero attached hydrogens (tertiary/aromatic N) is 1. The van der Waals surface area contributed by atoms with Gasteiger partial charge in [0.2, 0.25) is 10.0 Å². The molecule has 0 aromatic heterocycles. The van der Waals surface area contributed by atoms with E-state index in [4.69, 9.17) is 5.73 Å². The lowest BCUT2D eigenvalue weighted by Crippen LogP contribution is -2.42. The van der Waals surface area contributed by atoms with Crippen LogP contribution in [0.4, 0.5) is 0 Å². The molecule has 21 heavy (non-hydrogen) atoms. The van der Waals surface area contributed by atoms with Crippen molar-refractivity contribution in [2.24, 2.45) is 5.73 Å². The lowest BCUT2D eigenvalue weighted by Gasteiger charge is -2.27. The van der Waals surface area contributed by atoms with Crippen LogP contribution in [0.1, 0.15) is 26.3 Å². The van der Waals surface area contributed by atoms with E-state index in [2.05, 4.69) is 11.8 Å². The smallest absolute Gasteiger partial charge is 0.243 e. The highest BCUT2D eigenvalue weighted by Crippen LogP contribution is 2.18. The molecule has 0 aliphatic carbocycles. The third-order valence-corrected chi connectivity index (χ3v) is 4.68. The molecule has 0 radical (unpaired) electrons. The molecule has 0 bridgehead atoms. The van der Waals surface area contributed by atoms with Crippen LogP contribution in [0.3, 0.4) is 0 Å². The minimum absolute atomic E-state index is 0.0422. The van der Waals surface area contributed by atoms with Crippen LogP contribution in [0.25, 0.3) is 0 Å². The lowest BCUT2D eigenvalue weighted by atomic mass is 10.1. The first-order chi connectivity index (χ1) is 9.70. The molecule has 0 aliphatic rings. The third-order valence-electron chi connectivity index (χ3n) is 2.74. The van der Waals surface area contributed by atoms with Gasteiger partial charge in [-0.15, -0.1) is 0 Å². The molecule has 1 aromatic rings. The van der Waals surface area contributed by atoms with Gasteiger partial charge in [0.25, 0.3) is 0 Å². The van der Waals surface area contributed by atoms with Gasteiger partial charge in [0.05, 0.1) is 17.0 Å². The van der Waals surface area contributed by atoms with Crippen LogP contribution < -0.4 is 5.73 Å². The molecule has 3 N–H and O–H groups in total. The molecule has 0 saturated carbocycles. The fourth-order valence-electron chi connectivity index (χ4n) is 1.81. The van der Waals surface area contributed by atoms with Gasteiger partial charge in [-0.1, -0.05) is 18.8 Å². The fraction of sp³-hybridized carbons (Fsp3) is 0.467. The summed E-state index contributed by atoms with van der Waals surface area (Å²) in [5.74, 6) is 5.55. The van der Waals surface area contributed by atoms with Gasteiger partial charge in [0.1, 0.15) is 0 Å². The van der Waals surface area contributed by atoms with Crippen LogP contribution >= 0.6 is 0 Å². The van der Waals surface area contributed by atoms with Crippen LogP contribution in [0.2, 0.25) is 0 Å². The standard InChI is InChI=1S/C15H22N2O3S/c1-4-17(12-15(2,3)18)21(19,20)14-9-7-13(8-10-14)6-5-11-16/h7-10,18H,4,11-12,16H2,1-3H3. The summed E-state index contributed by atoms with van der Waals surface area (Å²) < 4.78 is 26.3. The zero-order chi connectivity index (χ0) is 16.1. The molecule has 1 aromatic carbocycles. The Morgan fingerprint density at radius 2 is 1.86 bits per heavy atom. The normalized spacial score (nSPS) is 12.1. The maximum atomic E-state index is 12.5. The molecule has 0 fully saturated rings. The fourth-order valence-corrected chi connectivity index (χ4v) is 3.41. The maximum absolute atomic E-state index is 12.5. The average Bonchev–Trinajstić information content (AvgIpc) is 2.41. The maximum Gasteiger partial charge on any atom is 0.243 e. The van der Waals surface area contributed by atoms with Gasteiger partial charge in [-0.25, -0.2) is 8.42 Å². The Morgan fingerprint density at radius 1 is 1.29 bits per heavy atom. The monoisotopic (exact) mass is 310 g/mol. The van der Waals surface area contributed by atoms with Crippen molar-refractivity contribution in [1.82, 2.24) is 4.31 Å². The number of hydrogen-bond acceptors (Lipinski definition) is 4. The molecule has 0 spiro atoms. The van der Waals surface area contributed by atoms with E-state index in [-0.39, 0.29) is 18.0 Å². The number of likely N-dealkylation sites (N-methyl/N-ethyl adjacent to an activating group) is 1. The molecule has 6 heteroatoms. The van der Waals surface area contributed by atoms with Crippen LogP contribution in [-0.2, 0) is 10.0 Å². The second-order valence-electron chi connectivity index (χ2n) is 5.27. The number of benzene rings is 1. The second-order valence-corrected chi connectivity index (χ2v) is 7.21. The molecular formula is C15H22N2O3S. The van der Waals surface area contributed by atoms with Crippen LogP contribution in [0.5, 0.6) is 0 Å². The molecule has 0 atom stereocenters. The number of sulfonamides is 1. The lowest BCUT2D eigenvalue weighted by molar-refractivity contribution is 0.0601. The summed E-state index contributed by atoms with van der Waals surface area (Å²) in [6.07, 6.45) is 0. The quantitative estimate of drug-likeness (QED) is 0.787. The highest BCUT2D eigenvalue weighted by atomic mass is 32.2. The van der Waals surface area contributed by atoms with E-state index >= 15 is 0 Å². The van der Waals surface area contributed by atoms with E-state index in [0.29, 0.717) is 12.1 Å². The molecule has 5 nitrogen and oxygen atoms in total. The predicted octanol–water partition coefficient (Wildman–Crippen LogP) is 0.778. The first kappa shape index (κ1) is 17.7. The summed E-state index contributed by atoms with van der Waals surface area (Å²) in [5, 5.41) is 9.83.